The van der Waals surface area contributed by atoms with Crippen molar-refractivity contribution in [1.29, 1.82) is 0 Å². The highest BCUT2D eigenvalue weighted by molar-refractivity contribution is 5.51. The summed E-state index contributed by atoms with van der Waals surface area (Å²) < 4.78 is 0. The third-order valence-electron chi connectivity index (χ3n) is 4.71. The Labute approximate surface area is 146 Å². The lowest BCUT2D eigenvalue weighted by atomic mass is 9.94. The van der Waals surface area contributed by atoms with Gasteiger partial charge in [0.25, 0.3) is 0 Å². The van der Waals surface area contributed by atoms with Crippen LogP contribution in [-0.4, -0.2) is 4.98 Å². The lowest BCUT2D eigenvalue weighted by Crippen LogP contribution is -2.05. The summed E-state index contributed by atoms with van der Waals surface area (Å²) in [6.45, 7) is 10.4. The number of hydrogen-bond donors (Lipinski definition) is 1. The van der Waals surface area contributed by atoms with Crippen LogP contribution in [0.2, 0.25) is 0 Å². The predicted molar refractivity (Wildman–Crippen MR) is 105 cm³/mol. The molecule has 128 valence electrons. The van der Waals surface area contributed by atoms with Gasteiger partial charge in [-0.25, -0.2) is 4.98 Å². The van der Waals surface area contributed by atoms with Gasteiger partial charge in [-0.2, -0.15) is 0 Å². The van der Waals surface area contributed by atoms with Crippen molar-refractivity contribution in [3.05, 3.63) is 64.4 Å². The molecule has 0 aliphatic heterocycles. The highest BCUT2D eigenvalue weighted by Gasteiger charge is 2.10. The molecule has 0 atom stereocenters. The molecule has 2 aromatic rings. The van der Waals surface area contributed by atoms with Crippen LogP contribution in [0, 0.1) is 6.92 Å². The SMILES string of the molecule is C=Cc1ccc(Cc2cc(CCCCC)c(N)nc2C)c(CC)c1. The summed E-state index contributed by atoms with van der Waals surface area (Å²) in [7, 11) is 0. The van der Waals surface area contributed by atoms with Crippen LogP contribution in [0.25, 0.3) is 6.08 Å². The molecule has 0 bridgehead atoms. The van der Waals surface area contributed by atoms with Gasteiger partial charge in [-0.3, -0.25) is 0 Å². The molecule has 2 rings (SSSR count). The molecule has 0 amide bonds. The summed E-state index contributed by atoms with van der Waals surface area (Å²) in [5.74, 6) is 0.699. The first-order valence-corrected chi connectivity index (χ1v) is 9.08. The van der Waals surface area contributed by atoms with Gasteiger partial charge in [-0.1, -0.05) is 63.6 Å². The van der Waals surface area contributed by atoms with Crippen molar-refractivity contribution in [3.8, 4) is 0 Å². The van der Waals surface area contributed by atoms with Gasteiger partial charge < -0.3 is 5.73 Å². The van der Waals surface area contributed by atoms with Crippen LogP contribution in [0.3, 0.4) is 0 Å². The maximum absolute atomic E-state index is 6.14. The van der Waals surface area contributed by atoms with Gasteiger partial charge in [-0.15, -0.1) is 0 Å². The van der Waals surface area contributed by atoms with E-state index in [2.05, 4.69) is 56.6 Å². The summed E-state index contributed by atoms with van der Waals surface area (Å²) in [5.41, 5.74) is 13.6. The van der Waals surface area contributed by atoms with E-state index in [0.29, 0.717) is 5.82 Å². The molecule has 0 fully saturated rings. The highest BCUT2D eigenvalue weighted by Crippen LogP contribution is 2.23. The molecule has 0 spiro atoms. The lowest BCUT2D eigenvalue weighted by molar-refractivity contribution is 0.716. The Morgan fingerprint density at radius 1 is 1.04 bits per heavy atom. The zero-order valence-corrected chi connectivity index (χ0v) is 15.4. The van der Waals surface area contributed by atoms with Gasteiger partial charge >= 0.3 is 0 Å². The number of nitrogen functional groups attached to an aromatic ring is 1. The number of pyridine rings is 1. The maximum Gasteiger partial charge on any atom is 0.126 e. The van der Waals surface area contributed by atoms with E-state index in [0.717, 1.165) is 25.0 Å². The number of aromatic nitrogens is 1. The Kier molecular flexibility index (Phi) is 6.60. The molecule has 1 heterocycles. The first-order chi connectivity index (χ1) is 11.6. The maximum atomic E-state index is 6.14. The Hall–Kier alpha value is -2.09. The Bertz CT molecular complexity index is 701. The molecule has 1 aromatic carbocycles. The van der Waals surface area contributed by atoms with Crippen molar-refractivity contribution < 1.29 is 0 Å². The third-order valence-corrected chi connectivity index (χ3v) is 4.71. The standard InChI is InChI=1S/C22H30N2/c1-5-8-9-10-20-15-21(16(4)24-22(20)23)14-19-12-11-17(6-2)13-18(19)7-3/h6,11-13,15H,2,5,7-10,14H2,1,3-4H3,(H2,23,24). The zero-order chi connectivity index (χ0) is 17.5. The van der Waals surface area contributed by atoms with Crippen LogP contribution in [0.15, 0.2) is 30.8 Å². The van der Waals surface area contributed by atoms with Gasteiger partial charge in [-0.05, 0) is 60.4 Å². The summed E-state index contributed by atoms with van der Waals surface area (Å²) in [6.07, 6.45) is 8.52. The van der Waals surface area contributed by atoms with E-state index in [-0.39, 0.29) is 0 Å². The molecule has 0 saturated heterocycles. The number of unbranched alkanes of at least 4 members (excludes halogenated alkanes) is 2. The van der Waals surface area contributed by atoms with Gasteiger partial charge in [0.05, 0.1) is 0 Å². The molecule has 2 N–H and O–H groups in total. The van der Waals surface area contributed by atoms with Gasteiger partial charge in [0.2, 0.25) is 0 Å². The summed E-state index contributed by atoms with van der Waals surface area (Å²) in [5, 5.41) is 0. The van der Waals surface area contributed by atoms with E-state index < -0.39 is 0 Å². The second kappa shape index (κ2) is 8.68. The topological polar surface area (TPSA) is 38.9 Å². The normalized spacial score (nSPS) is 10.8. The van der Waals surface area contributed by atoms with Gasteiger partial charge in [0, 0.05) is 5.69 Å². The Morgan fingerprint density at radius 3 is 2.50 bits per heavy atom. The predicted octanol–water partition coefficient (Wildman–Crippen LogP) is 5.50. The molecular weight excluding hydrogens is 292 g/mol. The number of hydrogen-bond acceptors (Lipinski definition) is 2. The van der Waals surface area contributed by atoms with Gasteiger partial charge in [0.15, 0.2) is 0 Å². The minimum atomic E-state index is 0.699. The van der Waals surface area contributed by atoms with Crippen LogP contribution >= 0.6 is 0 Å². The van der Waals surface area contributed by atoms with E-state index in [1.807, 2.05) is 6.08 Å². The lowest BCUT2D eigenvalue weighted by Gasteiger charge is -2.14. The van der Waals surface area contributed by atoms with Crippen molar-refractivity contribution in [2.24, 2.45) is 0 Å². The average molecular weight is 322 g/mol. The van der Waals surface area contributed by atoms with E-state index in [4.69, 9.17) is 5.73 Å². The zero-order valence-electron chi connectivity index (χ0n) is 15.4. The minimum Gasteiger partial charge on any atom is -0.383 e. The van der Waals surface area contributed by atoms with Crippen LogP contribution in [0.1, 0.15) is 66.6 Å². The summed E-state index contributed by atoms with van der Waals surface area (Å²) in [4.78, 5) is 4.60. The molecule has 2 heteroatoms. The third kappa shape index (κ3) is 4.47. The number of rotatable bonds is 8. The molecule has 1 aromatic heterocycles. The fourth-order valence-corrected chi connectivity index (χ4v) is 3.14. The second-order valence-electron chi connectivity index (χ2n) is 6.50. The van der Waals surface area contributed by atoms with Crippen molar-refractivity contribution in [3.63, 3.8) is 0 Å². The summed E-state index contributed by atoms with van der Waals surface area (Å²) in [6, 6.07) is 8.88. The largest absolute Gasteiger partial charge is 0.383 e. The van der Waals surface area contributed by atoms with E-state index in [1.165, 1.54) is 47.1 Å². The molecule has 0 saturated carbocycles. The Morgan fingerprint density at radius 2 is 1.83 bits per heavy atom. The molecule has 0 aliphatic carbocycles. The second-order valence-corrected chi connectivity index (χ2v) is 6.50. The molecule has 24 heavy (non-hydrogen) atoms. The van der Waals surface area contributed by atoms with Crippen LogP contribution in [-0.2, 0) is 19.3 Å². The quantitative estimate of drug-likeness (QED) is 0.652. The van der Waals surface area contributed by atoms with Gasteiger partial charge in [0.1, 0.15) is 5.82 Å². The fraction of sp³-hybridized carbons (Fsp3) is 0.409. The highest BCUT2D eigenvalue weighted by atomic mass is 14.8. The van der Waals surface area contributed by atoms with Crippen molar-refractivity contribution in [1.82, 2.24) is 4.98 Å². The van der Waals surface area contributed by atoms with Crippen molar-refractivity contribution in [2.45, 2.75) is 59.3 Å². The molecule has 0 unspecified atom stereocenters. The van der Waals surface area contributed by atoms with E-state index >= 15 is 0 Å². The monoisotopic (exact) mass is 322 g/mol. The first kappa shape index (κ1) is 18.3. The average Bonchev–Trinajstić information content (AvgIpc) is 2.59. The molecule has 0 radical (unpaired) electrons. The smallest absolute Gasteiger partial charge is 0.126 e. The number of anilines is 1. The molecular formula is C22H30N2. The number of nitrogens with two attached hydrogens (primary N) is 1. The van der Waals surface area contributed by atoms with Crippen LogP contribution in [0.4, 0.5) is 5.82 Å². The molecule has 2 nitrogen and oxygen atoms in total. The number of benzene rings is 1. The van der Waals surface area contributed by atoms with Crippen LogP contribution in [0.5, 0.6) is 0 Å². The van der Waals surface area contributed by atoms with Crippen LogP contribution < -0.4 is 5.73 Å². The van der Waals surface area contributed by atoms with Crippen molar-refractivity contribution in [2.75, 3.05) is 5.73 Å². The summed E-state index contributed by atoms with van der Waals surface area (Å²) >= 11 is 0. The molecule has 0 aliphatic rings. The van der Waals surface area contributed by atoms with Crippen molar-refractivity contribution >= 4 is 11.9 Å². The number of aryl methyl sites for hydroxylation is 3. The fourth-order valence-electron chi connectivity index (χ4n) is 3.14. The minimum absolute atomic E-state index is 0.699. The first-order valence-electron chi connectivity index (χ1n) is 9.08. The van der Waals surface area contributed by atoms with E-state index in [9.17, 15) is 0 Å². The van der Waals surface area contributed by atoms with E-state index in [1.54, 1.807) is 0 Å². The number of nitrogens with zero attached hydrogens (tertiary/aromatic N) is 1. The Balaban J connectivity index is 2.28.